The van der Waals surface area contributed by atoms with Gasteiger partial charge in [0.15, 0.2) is 5.75 Å². The summed E-state index contributed by atoms with van der Waals surface area (Å²) in [4.78, 5) is 24.0. The number of nitrogens with one attached hydrogen (secondary N) is 2. The molecule has 0 bridgehead atoms. The third kappa shape index (κ3) is 5.32. The van der Waals surface area contributed by atoms with E-state index in [9.17, 15) is 22.4 Å². The fraction of sp³-hybridized carbons (Fsp3) is 0.158. The lowest BCUT2D eigenvalue weighted by Gasteiger charge is -2.12. The molecule has 164 valence electrons. The predicted molar refractivity (Wildman–Crippen MR) is 113 cm³/mol. The molecular formula is C19H17ClFN3O6S. The van der Waals surface area contributed by atoms with Crippen LogP contribution in [0.2, 0.25) is 5.02 Å². The molecule has 0 unspecified atom stereocenters. The van der Waals surface area contributed by atoms with Gasteiger partial charge in [-0.2, -0.15) is 8.42 Å². The number of ether oxygens (including phenoxy) is 1. The Labute approximate surface area is 181 Å². The summed E-state index contributed by atoms with van der Waals surface area (Å²) in [6.07, 6.45) is -0.815. The van der Waals surface area contributed by atoms with Crippen LogP contribution < -0.4 is 25.5 Å². The third-order valence-electron chi connectivity index (χ3n) is 4.28. The van der Waals surface area contributed by atoms with Gasteiger partial charge in [-0.25, -0.2) is 19.1 Å². The lowest BCUT2D eigenvalue weighted by Crippen LogP contribution is -2.22. The Bertz CT molecular complexity index is 1330. The maximum Gasteiger partial charge on any atom is 0.412 e. The van der Waals surface area contributed by atoms with Gasteiger partial charge in [0.2, 0.25) is 0 Å². The molecule has 1 heterocycles. The Hall–Kier alpha value is -3.15. The molecule has 9 nitrogen and oxygen atoms in total. The zero-order chi connectivity index (χ0) is 22.8. The molecule has 0 fully saturated rings. The van der Waals surface area contributed by atoms with Crippen molar-refractivity contribution in [2.75, 3.05) is 11.8 Å². The molecule has 0 radical (unpaired) electrons. The molecule has 0 aliphatic rings. The monoisotopic (exact) mass is 469 g/mol. The fourth-order valence-electron chi connectivity index (χ4n) is 2.98. The second-order valence-corrected chi connectivity index (χ2v) is 8.12. The molecule has 1 amide bonds. The van der Waals surface area contributed by atoms with Gasteiger partial charge in [0.05, 0.1) is 10.7 Å². The van der Waals surface area contributed by atoms with Gasteiger partial charge in [0.25, 0.3) is 10.2 Å². The molecule has 0 aliphatic carbocycles. The zero-order valence-electron chi connectivity index (χ0n) is 16.1. The maximum absolute atomic E-state index is 14.0. The molecule has 1 aromatic heterocycles. The molecule has 2 aromatic carbocycles. The van der Waals surface area contributed by atoms with Crippen LogP contribution in [0.1, 0.15) is 16.7 Å². The Morgan fingerprint density at radius 1 is 1.26 bits per heavy atom. The number of amides is 1. The van der Waals surface area contributed by atoms with Gasteiger partial charge in [-0.05, 0) is 23.8 Å². The maximum atomic E-state index is 14.0. The topological polar surface area (TPSA) is 141 Å². The number of hydrogen-bond acceptors (Lipinski definition) is 6. The minimum atomic E-state index is -3.98. The van der Waals surface area contributed by atoms with Gasteiger partial charge >= 0.3 is 11.7 Å². The van der Waals surface area contributed by atoms with Crippen LogP contribution >= 0.6 is 11.6 Å². The summed E-state index contributed by atoms with van der Waals surface area (Å²) in [5.74, 6) is -0.0593. The Morgan fingerprint density at radius 3 is 2.65 bits per heavy atom. The van der Waals surface area contributed by atoms with Crippen LogP contribution in [-0.2, 0) is 23.3 Å². The van der Waals surface area contributed by atoms with Gasteiger partial charge < -0.3 is 14.5 Å². The Balaban J connectivity index is 2.06. The molecule has 12 heteroatoms. The highest BCUT2D eigenvalue weighted by Gasteiger charge is 2.19. The van der Waals surface area contributed by atoms with Crippen molar-refractivity contribution in [3.63, 3.8) is 0 Å². The largest absolute Gasteiger partial charge is 0.422 e. The van der Waals surface area contributed by atoms with E-state index >= 15 is 0 Å². The van der Waals surface area contributed by atoms with E-state index in [1.165, 1.54) is 31.3 Å². The van der Waals surface area contributed by atoms with Crippen molar-refractivity contribution in [3.8, 4) is 5.75 Å². The molecule has 0 spiro atoms. The van der Waals surface area contributed by atoms with Crippen molar-refractivity contribution < 1.29 is 26.8 Å². The number of anilines is 1. The van der Waals surface area contributed by atoms with E-state index in [0.29, 0.717) is 5.56 Å². The highest BCUT2D eigenvalue weighted by Crippen LogP contribution is 2.33. The van der Waals surface area contributed by atoms with Crippen LogP contribution in [0.3, 0.4) is 0 Å². The fourth-order valence-corrected chi connectivity index (χ4v) is 3.63. The second-order valence-electron chi connectivity index (χ2n) is 6.42. The van der Waals surface area contributed by atoms with Crippen LogP contribution in [0, 0.1) is 0 Å². The van der Waals surface area contributed by atoms with E-state index < -0.39 is 28.6 Å². The van der Waals surface area contributed by atoms with Crippen LogP contribution in [0.15, 0.2) is 45.6 Å². The average molecular weight is 470 g/mol. The summed E-state index contributed by atoms with van der Waals surface area (Å²) in [6.45, 7) is -0.988. The molecule has 0 aliphatic heterocycles. The minimum absolute atomic E-state index is 0.00524. The van der Waals surface area contributed by atoms with Crippen molar-refractivity contribution in [1.82, 2.24) is 5.32 Å². The van der Waals surface area contributed by atoms with Crippen molar-refractivity contribution in [1.29, 1.82) is 0 Å². The van der Waals surface area contributed by atoms with Crippen LogP contribution in [-0.4, -0.2) is 21.6 Å². The van der Waals surface area contributed by atoms with E-state index in [2.05, 4.69) is 10.0 Å². The van der Waals surface area contributed by atoms with E-state index in [-0.39, 0.29) is 45.0 Å². The summed E-state index contributed by atoms with van der Waals surface area (Å²) in [6, 6.07) is 8.69. The van der Waals surface area contributed by atoms with Gasteiger partial charge in [-0.1, -0.05) is 23.7 Å². The number of carbonyl (C=O) groups is 1. The van der Waals surface area contributed by atoms with Gasteiger partial charge in [0, 0.05) is 36.0 Å². The molecular weight excluding hydrogens is 453 g/mol. The number of rotatable bonds is 6. The van der Waals surface area contributed by atoms with Crippen LogP contribution in [0.4, 0.5) is 14.9 Å². The summed E-state index contributed by atoms with van der Waals surface area (Å²) >= 11 is 6.14. The van der Waals surface area contributed by atoms with Crippen molar-refractivity contribution in [3.05, 3.63) is 68.5 Å². The standard InChI is InChI=1S/C19H17ClFN3O6S/c1-23-19(26)30-17-8-16-12(7-15(17)20)14(9-21)13(18(25)29-16)6-10-3-2-4-11(5-10)24-31(22,27)28/h2-5,7-8,24H,6,9H2,1H3,(H,23,26)(H2,22,27,28). The van der Waals surface area contributed by atoms with E-state index in [0.717, 1.165) is 0 Å². The predicted octanol–water partition coefficient (Wildman–Crippen LogP) is 2.84. The van der Waals surface area contributed by atoms with E-state index in [4.69, 9.17) is 25.9 Å². The first-order valence-electron chi connectivity index (χ1n) is 8.74. The number of fused-ring (bicyclic) bond motifs is 1. The van der Waals surface area contributed by atoms with Crippen LogP contribution in [0.5, 0.6) is 5.75 Å². The van der Waals surface area contributed by atoms with Crippen molar-refractivity contribution >= 4 is 44.6 Å². The number of alkyl halides is 1. The highest BCUT2D eigenvalue weighted by atomic mass is 35.5. The molecule has 3 rings (SSSR count). The van der Waals surface area contributed by atoms with Gasteiger partial charge in [-0.3, -0.25) is 4.72 Å². The quantitative estimate of drug-likeness (QED) is 0.474. The molecule has 0 saturated carbocycles. The van der Waals surface area contributed by atoms with Crippen molar-refractivity contribution in [2.45, 2.75) is 13.1 Å². The number of carbonyl (C=O) groups excluding carboxylic acids is 1. The summed E-state index contributed by atoms with van der Waals surface area (Å²) in [5.41, 5.74) is 0.00226. The summed E-state index contributed by atoms with van der Waals surface area (Å²) in [5, 5.41) is 7.48. The highest BCUT2D eigenvalue weighted by molar-refractivity contribution is 7.90. The number of hydrogen-bond donors (Lipinski definition) is 3. The molecule has 31 heavy (non-hydrogen) atoms. The molecule has 0 saturated heterocycles. The summed E-state index contributed by atoms with van der Waals surface area (Å²) in [7, 11) is -2.62. The van der Waals surface area contributed by atoms with E-state index in [1.807, 2.05) is 0 Å². The SMILES string of the molecule is CNC(=O)Oc1cc2oc(=O)c(Cc3cccc(NS(N)(=O)=O)c3)c(CF)c2cc1Cl. The Kier molecular flexibility index (Phi) is 6.48. The van der Waals surface area contributed by atoms with E-state index in [1.54, 1.807) is 12.1 Å². The van der Waals surface area contributed by atoms with Gasteiger partial charge in [-0.15, -0.1) is 0 Å². The van der Waals surface area contributed by atoms with Gasteiger partial charge in [0.1, 0.15) is 12.3 Å². The number of benzene rings is 2. The average Bonchev–Trinajstić information content (AvgIpc) is 2.68. The lowest BCUT2D eigenvalue weighted by molar-refractivity contribution is 0.203. The normalized spacial score (nSPS) is 11.4. The zero-order valence-corrected chi connectivity index (χ0v) is 17.6. The number of halogens is 2. The smallest absolute Gasteiger partial charge is 0.412 e. The second kappa shape index (κ2) is 8.92. The molecule has 4 N–H and O–H groups in total. The number of nitrogens with two attached hydrogens (primary N) is 1. The molecule has 0 atom stereocenters. The first kappa shape index (κ1) is 22.5. The first-order valence-corrected chi connectivity index (χ1v) is 10.7. The van der Waals surface area contributed by atoms with Crippen LogP contribution in [0.25, 0.3) is 11.0 Å². The molecule has 3 aromatic rings. The Morgan fingerprint density at radius 2 is 2.00 bits per heavy atom. The minimum Gasteiger partial charge on any atom is -0.422 e. The first-order chi connectivity index (χ1) is 14.6. The lowest BCUT2D eigenvalue weighted by atomic mass is 9.99. The third-order valence-corrected chi connectivity index (χ3v) is 5.10. The van der Waals surface area contributed by atoms with Crippen molar-refractivity contribution in [2.24, 2.45) is 5.14 Å². The summed E-state index contributed by atoms with van der Waals surface area (Å²) < 4.78 is 48.8.